The first kappa shape index (κ1) is 20.7. The monoisotopic (exact) mass is 410 g/mol. The van der Waals surface area contributed by atoms with E-state index in [4.69, 9.17) is 16.3 Å². The summed E-state index contributed by atoms with van der Waals surface area (Å²) in [7, 11) is -3.47. The molecule has 2 aromatic rings. The van der Waals surface area contributed by atoms with Gasteiger partial charge < -0.3 is 10.1 Å². The third-order valence-electron chi connectivity index (χ3n) is 3.52. The summed E-state index contributed by atoms with van der Waals surface area (Å²) in [6.45, 7) is 3.66. The van der Waals surface area contributed by atoms with Gasteiger partial charge in [-0.1, -0.05) is 17.7 Å². The zero-order chi connectivity index (χ0) is 20.2. The molecule has 9 heteroatoms. The second kappa shape index (κ2) is 8.41. The molecule has 0 fully saturated rings. The highest BCUT2D eigenvalue weighted by molar-refractivity contribution is 7.92. The maximum atomic E-state index is 12.5. The predicted molar refractivity (Wildman–Crippen MR) is 105 cm³/mol. The lowest BCUT2D eigenvalue weighted by atomic mass is 10.1. The number of halogens is 1. The molecule has 0 aliphatic rings. The SMILES string of the molecule is CCOC(=O)c1ccc(NC(=O)c2ccc(C)c(NS(C)(=O)=O)c2)c(Cl)c1. The summed E-state index contributed by atoms with van der Waals surface area (Å²) in [6.07, 6.45) is 1.03. The standard InChI is InChI=1S/C18H19ClN2O5S/c1-4-26-18(23)13-7-8-15(14(19)9-13)20-17(22)12-6-5-11(2)16(10-12)21-27(3,24)25/h5-10,21H,4H2,1-3H3,(H,20,22). The lowest BCUT2D eigenvalue weighted by Gasteiger charge is -2.12. The van der Waals surface area contributed by atoms with Crippen LogP contribution in [-0.2, 0) is 14.8 Å². The van der Waals surface area contributed by atoms with Gasteiger partial charge in [0.25, 0.3) is 5.91 Å². The smallest absolute Gasteiger partial charge is 0.338 e. The molecule has 2 rings (SSSR count). The molecule has 2 aromatic carbocycles. The predicted octanol–water partition coefficient (Wildman–Crippen LogP) is 3.45. The number of amides is 1. The van der Waals surface area contributed by atoms with Gasteiger partial charge in [-0.15, -0.1) is 0 Å². The number of rotatable bonds is 6. The van der Waals surface area contributed by atoms with E-state index in [2.05, 4.69) is 10.0 Å². The van der Waals surface area contributed by atoms with Crippen LogP contribution in [0.25, 0.3) is 0 Å². The Morgan fingerprint density at radius 3 is 2.33 bits per heavy atom. The van der Waals surface area contributed by atoms with Crippen LogP contribution < -0.4 is 10.0 Å². The van der Waals surface area contributed by atoms with Crippen molar-refractivity contribution in [2.45, 2.75) is 13.8 Å². The van der Waals surface area contributed by atoms with E-state index in [0.717, 1.165) is 6.26 Å². The maximum absolute atomic E-state index is 12.5. The summed E-state index contributed by atoms with van der Waals surface area (Å²) in [5.74, 6) is -0.982. The van der Waals surface area contributed by atoms with Gasteiger partial charge in [0.05, 0.1) is 34.8 Å². The molecular weight excluding hydrogens is 392 g/mol. The van der Waals surface area contributed by atoms with E-state index in [1.165, 1.54) is 24.3 Å². The molecule has 27 heavy (non-hydrogen) atoms. The van der Waals surface area contributed by atoms with E-state index in [1.54, 1.807) is 26.0 Å². The van der Waals surface area contributed by atoms with Gasteiger partial charge in [-0.05, 0) is 49.7 Å². The van der Waals surface area contributed by atoms with E-state index in [9.17, 15) is 18.0 Å². The minimum absolute atomic E-state index is 0.176. The van der Waals surface area contributed by atoms with Gasteiger partial charge in [-0.25, -0.2) is 13.2 Å². The molecule has 0 saturated heterocycles. The summed E-state index contributed by atoms with van der Waals surface area (Å²) in [6, 6.07) is 9.03. The molecule has 7 nitrogen and oxygen atoms in total. The number of sulfonamides is 1. The van der Waals surface area contributed by atoms with Gasteiger partial charge in [-0.2, -0.15) is 0 Å². The van der Waals surface area contributed by atoms with E-state index in [0.29, 0.717) is 16.9 Å². The number of nitrogens with one attached hydrogen (secondary N) is 2. The molecular formula is C18H19ClN2O5S. The van der Waals surface area contributed by atoms with Crippen molar-refractivity contribution in [2.75, 3.05) is 22.9 Å². The van der Waals surface area contributed by atoms with Crippen LogP contribution >= 0.6 is 11.6 Å². The van der Waals surface area contributed by atoms with Gasteiger partial charge >= 0.3 is 5.97 Å². The van der Waals surface area contributed by atoms with Crippen molar-refractivity contribution in [2.24, 2.45) is 0 Å². The fourth-order valence-electron chi connectivity index (χ4n) is 2.23. The first-order valence-electron chi connectivity index (χ1n) is 7.97. The largest absolute Gasteiger partial charge is 0.462 e. The number of hydrogen-bond donors (Lipinski definition) is 2. The zero-order valence-corrected chi connectivity index (χ0v) is 16.6. The molecule has 0 aliphatic carbocycles. The number of anilines is 2. The highest BCUT2D eigenvalue weighted by Gasteiger charge is 2.14. The van der Waals surface area contributed by atoms with E-state index in [1.807, 2.05) is 0 Å². The second-order valence-electron chi connectivity index (χ2n) is 5.77. The number of esters is 1. The van der Waals surface area contributed by atoms with Crippen LogP contribution in [0, 0.1) is 6.92 Å². The lowest BCUT2D eigenvalue weighted by molar-refractivity contribution is 0.0526. The summed E-state index contributed by atoms with van der Waals surface area (Å²) >= 11 is 6.13. The molecule has 0 saturated carbocycles. The Bertz CT molecular complexity index is 989. The fraction of sp³-hybridized carbons (Fsp3) is 0.222. The molecule has 0 aliphatic heterocycles. The molecule has 0 bridgehead atoms. The number of aryl methyl sites for hydroxylation is 1. The Morgan fingerprint density at radius 2 is 1.74 bits per heavy atom. The van der Waals surface area contributed by atoms with Gasteiger partial charge in [0.2, 0.25) is 10.0 Å². The van der Waals surface area contributed by atoms with Crippen molar-refractivity contribution < 1.29 is 22.7 Å². The molecule has 0 aromatic heterocycles. The number of ether oxygens (including phenoxy) is 1. The highest BCUT2D eigenvalue weighted by Crippen LogP contribution is 2.25. The van der Waals surface area contributed by atoms with Crippen LogP contribution in [0.1, 0.15) is 33.2 Å². The van der Waals surface area contributed by atoms with Gasteiger partial charge in [0.1, 0.15) is 0 Å². The zero-order valence-electron chi connectivity index (χ0n) is 15.0. The van der Waals surface area contributed by atoms with Gasteiger partial charge in [0, 0.05) is 5.56 Å². The van der Waals surface area contributed by atoms with Crippen LogP contribution in [-0.4, -0.2) is 33.2 Å². The highest BCUT2D eigenvalue weighted by atomic mass is 35.5. The van der Waals surface area contributed by atoms with Gasteiger partial charge in [0.15, 0.2) is 0 Å². The molecule has 0 spiro atoms. The summed E-state index contributed by atoms with van der Waals surface area (Å²) in [5, 5.41) is 2.81. The third kappa shape index (κ3) is 5.70. The van der Waals surface area contributed by atoms with Crippen LogP contribution in [0.15, 0.2) is 36.4 Å². The Balaban J connectivity index is 2.22. The molecule has 1 amide bonds. The average Bonchev–Trinajstić information content (AvgIpc) is 2.57. The van der Waals surface area contributed by atoms with Crippen LogP contribution in [0.2, 0.25) is 5.02 Å². The third-order valence-corrected chi connectivity index (χ3v) is 4.43. The first-order valence-corrected chi connectivity index (χ1v) is 10.2. The lowest BCUT2D eigenvalue weighted by Crippen LogP contribution is -2.15. The van der Waals surface area contributed by atoms with Crippen molar-refractivity contribution >= 4 is 44.9 Å². The quantitative estimate of drug-likeness (QED) is 0.710. The van der Waals surface area contributed by atoms with Crippen LogP contribution in [0.3, 0.4) is 0 Å². The Labute approximate surface area is 162 Å². The molecule has 144 valence electrons. The molecule has 0 unspecified atom stereocenters. The van der Waals surface area contributed by atoms with Crippen molar-refractivity contribution in [3.8, 4) is 0 Å². The number of benzene rings is 2. The van der Waals surface area contributed by atoms with Crippen molar-refractivity contribution in [1.29, 1.82) is 0 Å². The minimum Gasteiger partial charge on any atom is -0.462 e. The molecule has 2 N–H and O–H groups in total. The fourth-order valence-corrected chi connectivity index (χ4v) is 3.07. The Hall–Kier alpha value is -2.58. The Morgan fingerprint density at radius 1 is 1.07 bits per heavy atom. The number of carbonyl (C=O) groups excluding carboxylic acids is 2. The normalized spacial score (nSPS) is 11.0. The summed E-state index contributed by atoms with van der Waals surface area (Å²) in [5.41, 5.74) is 1.82. The van der Waals surface area contributed by atoms with Crippen molar-refractivity contribution in [3.63, 3.8) is 0 Å². The van der Waals surface area contributed by atoms with Crippen LogP contribution in [0.4, 0.5) is 11.4 Å². The summed E-state index contributed by atoms with van der Waals surface area (Å²) in [4.78, 5) is 24.2. The Kier molecular flexibility index (Phi) is 6.45. The average molecular weight is 411 g/mol. The summed E-state index contributed by atoms with van der Waals surface area (Å²) < 4.78 is 30.1. The van der Waals surface area contributed by atoms with E-state index in [-0.39, 0.29) is 22.8 Å². The molecule has 0 atom stereocenters. The van der Waals surface area contributed by atoms with Crippen molar-refractivity contribution in [3.05, 3.63) is 58.1 Å². The molecule has 0 heterocycles. The number of hydrogen-bond acceptors (Lipinski definition) is 5. The van der Waals surface area contributed by atoms with Crippen molar-refractivity contribution in [1.82, 2.24) is 0 Å². The maximum Gasteiger partial charge on any atom is 0.338 e. The van der Waals surface area contributed by atoms with Crippen LogP contribution in [0.5, 0.6) is 0 Å². The topological polar surface area (TPSA) is 102 Å². The van der Waals surface area contributed by atoms with E-state index < -0.39 is 21.9 Å². The second-order valence-corrected chi connectivity index (χ2v) is 7.93. The van der Waals surface area contributed by atoms with E-state index >= 15 is 0 Å². The molecule has 0 radical (unpaired) electrons. The minimum atomic E-state index is -3.47. The first-order chi connectivity index (χ1) is 12.6. The number of carbonyl (C=O) groups is 2. The van der Waals surface area contributed by atoms with Gasteiger partial charge in [-0.3, -0.25) is 9.52 Å².